The highest BCUT2D eigenvalue weighted by atomic mass is 32.1. The van der Waals surface area contributed by atoms with Gasteiger partial charge in [-0.2, -0.15) is 5.10 Å². The Morgan fingerprint density at radius 3 is 2.75 bits per heavy atom. The molecule has 0 bridgehead atoms. The number of carbonyl (C=O) groups excluding carboxylic acids is 2. The molecule has 28 heavy (non-hydrogen) atoms. The van der Waals surface area contributed by atoms with Gasteiger partial charge in [0.15, 0.2) is 10.9 Å². The topological polar surface area (TPSA) is 102 Å². The number of benzene rings is 1. The summed E-state index contributed by atoms with van der Waals surface area (Å²) in [5, 5.41) is 10.4. The van der Waals surface area contributed by atoms with Gasteiger partial charge in [-0.05, 0) is 37.3 Å². The monoisotopic (exact) mass is 392 g/mol. The number of amides is 2. The predicted octanol–water partition coefficient (Wildman–Crippen LogP) is 3.40. The van der Waals surface area contributed by atoms with E-state index < -0.39 is 0 Å². The summed E-state index contributed by atoms with van der Waals surface area (Å²) in [5.41, 5.74) is 2.56. The van der Waals surface area contributed by atoms with E-state index in [0.29, 0.717) is 27.9 Å². The lowest BCUT2D eigenvalue weighted by molar-refractivity contribution is -0.114. The molecule has 3 heterocycles. The lowest BCUT2D eigenvalue weighted by atomic mass is 10.2. The Balaban J connectivity index is 1.57. The molecule has 0 spiro atoms. The molecule has 3 aromatic heterocycles. The first-order chi connectivity index (χ1) is 13.5. The predicted molar refractivity (Wildman–Crippen MR) is 108 cm³/mol. The minimum absolute atomic E-state index is 0.173. The minimum atomic E-state index is -0.259. The highest BCUT2D eigenvalue weighted by Gasteiger charge is 2.16. The largest absolute Gasteiger partial charge is 0.322 e. The third-order valence-corrected chi connectivity index (χ3v) is 4.98. The summed E-state index contributed by atoms with van der Waals surface area (Å²) < 4.78 is 2.49. The lowest BCUT2D eigenvalue weighted by Gasteiger charge is -2.06. The first kappa shape index (κ1) is 17.8. The number of nitrogens with one attached hydrogen (secondary N) is 2. The average molecular weight is 392 g/mol. The van der Waals surface area contributed by atoms with Crippen molar-refractivity contribution in [2.75, 3.05) is 10.6 Å². The molecule has 0 aliphatic rings. The van der Waals surface area contributed by atoms with Crippen molar-refractivity contribution in [1.82, 2.24) is 19.7 Å². The molecule has 0 saturated carbocycles. The molecule has 0 aliphatic carbocycles. The van der Waals surface area contributed by atoms with Gasteiger partial charge in [0.2, 0.25) is 5.91 Å². The number of aromatic nitrogens is 4. The molecule has 0 aliphatic heterocycles. The normalized spacial score (nSPS) is 10.8. The van der Waals surface area contributed by atoms with E-state index in [4.69, 9.17) is 0 Å². The van der Waals surface area contributed by atoms with Crippen molar-refractivity contribution in [3.05, 3.63) is 60.0 Å². The molecular weight excluding hydrogens is 376 g/mol. The number of fused-ring (bicyclic) bond motifs is 1. The van der Waals surface area contributed by atoms with E-state index in [-0.39, 0.29) is 11.8 Å². The van der Waals surface area contributed by atoms with Crippen molar-refractivity contribution < 1.29 is 9.59 Å². The fourth-order valence-corrected chi connectivity index (χ4v) is 3.70. The quantitative estimate of drug-likeness (QED) is 0.554. The number of thiazole rings is 1. The molecule has 4 rings (SSSR count). The number of hydrogen-bond acceptors (Lipinski definition) is 6. The van der Waals surface area contributed by atoms with Crippen LogP contribution in [0.15, 0.2) is 48.8 Å². The van der Waals surface area contributed by atoms with Crippen LogP contribution in [-0.2, 0) is 4.79 Å². The SMILES string of the molecule is CC(=O)Nc1nc2ccc(NC(=O)c3cnn(-c4ccccn4)c3C)cc2s1. The third-order valence-electron chi connectivity index (χ3n) is 4.05. The first-order valence-electron chi connectivity index (χ1n) is 8.47. The number of carbonyl (C=O) groups is 2. The van der Waals surface area contributed by atoms with Gasteiger partial charge in [-0.3, -0.25) is 9.59 Å². The summed E-state index contributed by atoms with van der Waals surface area (Å²) in [5.74, 6) is 0.217. The Morgan fingerprint density at radius 1 is 1.14 bits per heavy atom. The van der Waals surface area contributed by atoms with Gasteiger partial charge in [-0.1, -0.05) is 17.4 Å². The van der Waals surface area contributed by atoms with Crippen LogP contribution >= 0.6 is 11.3 Å². The Labute approximate surface area is 164 Å². The van der Waals surface area contributed by atoms with Gasteiger partial charge in [0.05, 0.1) is 27.7 Å². The summed E-state index contributed by atoms with van der Waals surface area (Å²) in [6.45, 7) is 3.26. The molecule has 2 N–H and O–H groups in total. The zero-order valence-corrected chi connectivity index (χ0v) is 15.9. The van der Waals surface area contributed by atoms with E-state index >= 15 is 0 Å². The van der Waals surface area contributed by atoms with Crippen LogP contribution < -0.4 is 10.6 Å². The number of hydrogen-bond donors (Lipinski definition) is 2. The van der Waals surface area contributed by atoms with Gasteiger partial charge in [-0.25, -0.2) is 14.6 Å². The third kappa shape index (κ3) is 3.47. The molecule has 1 aromatic carbocycles. The smallest absolute Gasteiger partial charge is 0.259 e. The zero-order valence-electron chi connectivity index (χ0n) is 15.1. The maximum atomic E-state index is 12.7. The Bertz CT molecular complexity index is 1180. The summed E-state index contributed by atoms with van der Waals surface area (Å²) in [6, 6.07) is 10.9. The van der Waals surface area contributed by atoms with Gasteiger partial charge in [0, 0.05) is 18.8 Å². The summed E-state index contributed by atoms with van der Waals surface area (Å²) >= 11 is 1.35. The molecule has 4 aromatic rings. The molecular formula is C19H16N6O2S. The van der Waals surface area contributed by atoms with E-state index in [0.717, 1.165) is 10.2 Å². The highest BCUT2D eigenvalue weighted by molar-refractivity contribution is 7.22. The fraction of sp³-hybridized carbons (Fsp3) is 0.105. The Kier molecular flexibility index (Phi) is 4.58. The van der Waals surface area contributed by atoms with E-state index in [1.807, 2.05) is 31.2 Å². The van der Waals surface area contributed by atoms with Gasteiger partial charge in [0.1, 0.15) is 0 Å². The Morgan fingerprint density at radius 2 is 2.00 bits per heavy atom. The molecule has 0 radical (unpaired) electrons. The number of pyridine rings is 1. The second-order valence-corrected chi connectivity index (χ2v) is 7.11. The second-order valence-electron chi connectivity index (χ2n) is 6.08. The van der Waals surface area contributed by atoms with Crippen molar-refractivity contribution in [1.29, 1.82) is 0 Å². The average Bonchev–Trinajstić information content (AvgIpc) is 3.24. The lowest BCUT2D eigenvalue weighted by Crippen LogP contribution is -2.13. The van der Waals surface area contributed by atoms with Crippen LogP contribution in [0, 0.1) is 6.92 Å². The van der Waals surface area contributed by atoms with Crippen LogP contribution in [0.2, 0.25) is 0 Å². The van der Waals surface area contributed by atoms with Gasteiger partial charge in [0.25, 0.3) is 5.91 Å². The molecule has 0 unspecified atom stereocenters. The van der Waals surface area contributed by atoms with Crippen LogP contribution in [0.5, 0.6) is 0 Å². The van der Waals surface area contributed by atoms with Gasteiger partial charge < -0.3 is 10.6 Å². The summed E-state index contributed by atoms with van der Waals surface area (Å²) in [7, 11) is 0. The summed E-state index contributed by atoms with van der Waals surface area (Å²) in [6.07, 6.45) is 3.20. The fourth-order valence-electron chi connectivity index (χ4n) is 2.75. The molecule has 0 saturated heterocycles. The minimum Gasteiger partial charge on any atom is -0.322 e. The van der Waals surface area contributed by atoms with Crippen molar-refractivity contribution in [2.24, 2.45) is 0 Å². The number of nitrogens with zero attached hydrogens (tertiary/aromatic N) is 4. The van der Waals surface area contributed by atoms with Gasteiger partial charge in [-0.15, -0.1) is 0 Å². The van der Waals surface area contributed by atoms with E-state index in [1.54, 1.807) is 23.0 Å². The van der Waals surface area contributed by atoms with Crippen LogP contribution in [0.4, 0.5) is 10.8 Å². The standard InChI is InChI=1S/C19H16N6O2S/c1-11-14(10-21-25(11)17-5-3-4-8-20-17)18(27)23-13-6-7-15-16(9-13)28-19(24-15)22-12(2)26/h3-10H,1-2H3,(H,23,27)(H,22,24,26). The zero-order chi connectivity index (χ0) is 19.7. The van der Waals surface area contributed by atoms with Crippen LogP contribution in [0.1, 0.15) is 23.0 Å². The molecule has 140 valence electrons. The highest BCUT2D eigenvalue weighted by Crippen LogP contribution is 2.28. The molecule has 8 nitrogen and oxygen atoms in total. The van der Waals surface area contributed by atoms with Crippen LogP contribution in [0.3, 0.4) is 0 Å². The molecule has 0 atom stereocenters. The molecule has 2 amide bonds. The van der Waals surface area contributed by atoms with Crippen LogP contribution in [0.25, 0.3) is 16.0 Å². The van der Waals surface area contributed by atoms with Crippen molar-refractivity contribution in [3.8, 4) is 5.82 Å². The van der Waals surface area contributed by atoms with E-state index in [9.17, 15) is 9.59 Å². The maximum Gasteiger partial charge on any atom is 0.259 e. The second kappa shape index (κ2) is 7.20. The van der Waals surface area contributed by atoms with Crippen molar-refractivity contribution in [3.63, 3.8) is 0 Å². The first-order valence-corrected chi connectivity index (χ1v) is 9.28. The maximum absolute atomic E-state index is 12.7. The van der Waals surface area contributed by atoms with Crippen LogP contribution in [-0.4, -0.2) is 31.6 Å². The number of rotatable bonds is 4. The van der Waals surface area contributed by atoms with E-state index in [2.05, 4.69) is 25.7 Å². The van der Waals surface area contributed by atoms with E-state index in [1.165, 1.54) is 24.5 Å². The van der Waals surface area contributed by atoms with Crippen molar-refractivity contribution >= 4 is 44.2 Å². The number of anilines is 2. The van der Waals surface area contributed by atoms with Crippen molar-refractivity contribution in [2.45, 2.75) is 13.8 Å². The summed E-state index contributed by atoms with van der Waals surface area (Å²) in [4.78, 5) is 32.5. The Hall–Kier alpha value is -3.59. The molecule has 0 fully saturated rings. The molecule has 9 heteroatoms. The van der Waals surface area contributed by atoms with Gasteiger partial charge >= 0.3 is 0 Å².